The molecule has 0 aliphatic carbocycles. The lowest BCUT2D eigenvalue weighted by Crippen LogP contribution is -2.37. The summed E-state index contributed by atoms with van der Waals surface area (Å²) in [6.07, 6.45) is 9.38. The molecule has 0 spiro atoms. The van der Waals surface area contributed by atoms with Gasteiger partial charge in [0.25, 0.3) is 0 Å². The van der Waals surface area contributed by atoms with Crippen LogP contribution in [-0.2, 0) is 0 Å². The van der Waals surface area contributed by atoms with Crippen molar-refractivity contribution in [1.82, 2.24) is 29.2 Å². The van der Waals surface area contributed by atoms with Gasteiger partial charge in [0.2, 0.25) is 5.95 Å². The number of H-pyrrole nitrogens is 1. The molecule has 0 radical (unpaired) electrons. The highest BCUT2D eigenvalue weighted by Crippen LogP contribution is 2.29. The lowest BCUT2D eigenvalue weighted by molar-refractivity contribution is 0.263. The van der Waals surface area contributed by atoms with Crippen molar-refractivity contribution in [2.75, 3.05) is 25.5 Å². The van der Waals surface area contributed by atoms with Crippen molar-refractivity contribution in [1.29, 1.82) is 0 Å². The summed E-state index contributed by atoms with van der Waals surface area (Å²) in [6, 6.07) is 1.90. The van der Waals surface area contributed by atoms with Gasteiger partial charge in [-0.2, -0.15) is 4.98 Å². The van der Waals surface area contributed by atoms with Crippen LogP contribution in [0.2, 0.25) is 0 Å². The molecule has 1 saturated heterocycles. The molecular formula is C20H22FN7. The number of hydrogen-bond donors (Lipinski definition) is 2. The number of nitrogens with zero attached hydrogens (tertiary/aromatic N) is 5. The third-order valence-corrected chi connectivity index (χ3v) is 5.54. The number of halogens is 1. The zero-order valence-electron chi connectivity index (χ0n) is 15.9. The van der Waals surface area contributed by atoms with Crippen LogP contribution in [0, 0.1) is 12.7 Å². The maximum absolute atomic E-state index is 14.5. The highest BCUT2D eigenvalue weighted by atomic mass is 19.1. The Balaban J connectivity index is 1.48. The maximum Gasteiger partial charge on any atom is 0.224 e. The summed E-state index contributed by atoms with van der Waals surface area (Å²) in [5.74, 6) is 0.281. The fourth-order valence-electron chi connectivity index (χ4n) is 3.86. The molecule has 8 heteroatoms. The number of aromatic nitrogens is 5. The Morgan fingerprint density at radius 2 is 2.04 bits per heavy atom. The van der Waals surface area contributed by atoms with Crippen molar-refractivity contribution < 1.29 is 4.39 Å². The number of pyridine rings is 1. The molecule has 4 aromatic rings. The molecule has 0 unspecified atom stereocenters. The summed E-state index contributed by atoms with van der Waals surface area (Å²) in [5.41, 5.74) is 3.59. The lowest BCUT2D eigenvalue weighted by atomic mass is 10.1. The fourth-order valence-corrected chi connectivity index (χ4v) is 3.86. The molecule has 144 valence electrons. The van der Waals surface area contributed by atoms with E-state index in [2.05, 4.69) is 37.2 Å². The van der Waals surface area contributed by atoms with E-state index in [0.717, 1.165) is 53.8 Å². The van der Waals surface area contributed by atoms with Crippen LogP contribution in [0.25, 0.3) is 27.8 Å². The predicted molar refractivity (Wildman–Crippen MR) is 107 cm³/mol. The Morgan fingerprint density at radius 1 is 1.21 bits per heavy atom. The van der Waals surface area contributed by atoms with E-state index < -0.39 is 0 Å². The first-order valence-corrected chi connectivity index (χ1v) is 9.51. The normalized spacial score (nSPS) is 16.2. The number of aryl methyl sites for hydroxylation is 1. The van der Waals surface area contributed by atoms with E-state index in [9.17, 15) is 4.39 Å². The number of rotatable bonds is 3. The van der Waals surface area contributed by atoms with Gasteiger partial charge in [-0.05, 0) is 46.0 Å². The van der Waals surface area contributed by atoms with Crippen LogP contribution in [0.3, 0.4) is 0 Å². The molecule has 0 aromatic carbocycles. The standard InChI is InChI=1S/C20H22FN7/c1-12-8-23-19-17(21)7-13(11-28(12)19)15-9-22-18-16(15)10-24-20(26-18)25-14-3-5-27(2)6-4-14/h7-11,14H,3-6H2,1-2H3,(H2,22,24,25,26). The predicted octanol–water partition coefficient (Wildman–Crippen LogP) is 3.23. The zero-order chi connectivity index (χ0) is 19.3. The number of anilines is 1. The lowest BCUT2D eigenvalue weighted by Gasteiger charge is -2.29. The summed E-state index contributed by atoms with van der Waals surface area (Å²) in [7, 11) is 2.14. The van der Waals surface area contributed by atoms with E-state index in [1.54, 1.807) is 16.8 Å². The minimum atomic E-state index is -0.346. The Morgan fingerprint density at radius 3 is 2.86 bits per heavy atom. The van der Waals surface area contributed by atoms with Gasteiger partial charge in [-0.15, -0.1) is 0 Å². The molecule has 0 bridgehead atoms. The number of hydrogen-bond acceptors (Lipinski definition) is 5. The largest absolute Gasteiger partial charge is 0.351 e. The van der Waals surface area contributed by atoms with E-state index in [0.29, 0.717) is 17.6 Å². The average molecular weight is 379 g/mol. The topological polar surface area (TPSA) is 74.1 Å². The number of aromatic amines is 1. The molecule has 1 fully saturated rings. The van der Waals surface area contributed by atoms with Crippen molar-refractivity contribution in [2.24, 2.45) is 0 Å². The molecular weight excluding hydrogens is 357 g/mol. The second kappa shape index (κ2) is 6.56. The molecule has 0 saturated carbocycles. The van der Waals surface area contributed by atoms with Crippen molar-refractivity contribution in [3.63, 3.8) is 0 Å². The molecule has 28 heavy (non-hydrogen) atoms. The minimum Gasteiger partial charge on any atom is -0.351 e. The van der Waals surface area contributed by atoms with E-state index in [1.807, 2.05) is 19.3 Å². The van der Waals surface area contributed by atoms with Gasteiger partial charge in [0, 0.05) is 53.0 Å². The van der Waals surface area contributed by atoms with E-state index in [1.165, 1.54) is 6.07 Å². The Labute approximate surface area is 161 Å². The number of fused-ring (bicyclic) bond motifs is 2. The summed E-state index contributed by atoms with van der Waals surface area (Å²) < 4.78 is 16.2. The van der Waals surface area contributed by atoms with Gasteiger partial charge in [-0.1, -0.05) is 0 Å². The third-order valence-electron chi connectivity index (χ3n) is 5.54. The van der Waals surface area contributed by atoms with E-state index >= 15 is 0 Å². The van der Waals surface area contributed by atoms with E-state index in [-0.39, 0.29) is 5.82 Å². The number of piperidine rings is 1. The highest BCUT2D eigenvalue weighted by Gasteiger charge is 2.18. The monoisotopic (exact) mass is 379 g/mol. The van der Waals surface area contributed by atoms with Gasteiger partial charge in [0.05, 0.1) is 0 Å². The summed E-state index contributed by atoms with van der Waals surface area (Å²) >= 11 is 0. The van der Waals surface area contributed by atoms with Crippen molar-refractivity contribution in [3.05, 3.63) is 42.4 Å². The molecule has 2 N–H and O–H groups in total. The molecule has 5 heterocycles. The minimum absolute atomic E-state index is 0.335. The van der Waals surface area contributed by atoms with Gasteiger partial charge in [-0.3, -0.25) is 0 Å². The smallest absolute Gasteiger partial charge is 0.224 e. The van der Waals surface area contributed by atoms with Gasteiger partial charge < -0.3 is 19.6 Å². The zero-order valence-corrected chi connectivity index (χ0v) is 15.9. The summed E-state index contributed by atoms with van der Waals surface area (Å²) in [4.78, 5) is 18.8. The van der Waals surface area contributed by atoms with Gasteiger partial charge in [-0.25, -0.2) is 14.4 Å². The third kappa shape index (κ3) is 2.90. The maximum atomic E-state index is 14.5. The highest BCUT2D eigenvalue weighted by molar-refractivity contribution is 5.93. The van der Waals surface area contributed by atoms with Crippen molar-refractivity contribution in [2.45, 2.75) is 25.8 Å². The van der Waals surface area contributed by atoms with Crippen LogP contribution in [0.4, 0.5) is 10.3 Å². The van der Waals surface area contributed by atoms with Gasteiger partial charge >= 0.3 is 0 Å². The molecule has 5 rings (SSSR count). The molecule has 1 aliphatic heterocycles. The van der Waals surface area contributed by atoms with Crippen LogP contribution >= 0.6 is 0 Å². The molecule has 4 aromatic heterocycles. The van der Waals surface area contributed by atoms with Gasteiger partial charge in [0.1, 0.15) is 5.65 Å². The average Bonchev–Trinajstić information content (AvgIpc) is 3.27. The fraction of sp³-hybridized carbons (Fsp3) is 0.350. The summed E-state index contributed by atoms with van der Waals surface area (Å²) in [5, 5.41) is 4.30. The second-order valence-corrected chi connectivity index (χ2v) is 7.55. The molecule has 1 aliphatic rings. The van der Waals surface area contributed by atoms with Crippen LogP contribution < -0.4 is 5.32 Å². The number of nitrogens with one attached hydrogen (secondary N) is 2. The SMILES string of the molecule is Cc1cnc2c(F)cc(-c3c[nH]c4nc(NC5CCN(C)CC5)ncc34)cn12. The van der Waals surface area contributed by atoms with Gasteiger partial charge in [0.15, 0.2) is 11.5 Å². The Hall–Kier alpha value is -3.00. The van der Waals surface area contributed by atoms with E-state index in [4.69, 9.17) is 0 Å². The Bertz CT molecular complexity index is 1150. The number of likely N-dealkylation sites (tertiary alicyclic amines) is 1. The van der Waals surface area contributed by atoms with Crippen molar-refractivity contribution >= 4 is 22.6 Å². The molecule has 7 nitrogen and oxygen atoms in total. The first-order chi connectivity index (χ1) is 13.6. The van der Waals surface area contributed by atoms with Crippen LogP contribution in [0.5, 0.6) is 0 Å². The quantitative estimate of drug-likeness (QED) is 0.572. The first kappa shape index (κ1) is 17.1. The number of imidazole rings is 1. The van der Waals surface area contributed by atoms with Crippen LogP contribution in [0.1, 0.15) is 18.5 Å². The Kier molecular flexibility index (Phi) is 4.01. The van der Waals surface area contributed by atoms with Crippen molar-refractivity contribution in [3.8, 4) is 11.1 Å². The summed E-state index contributed by atoms with van der Waals surface area (Å²) in [6.45, 7) is 4.06. The van der Waals surface area contributed by atoms with Crippen LogP contribution in [-0.4, -0.2) is 55.4 Å². The first-order valence-electron chi connectivity index (χ1n) is 9.51. The second-order valence-electron chi connectivity index (χ2n) is 7.55. The molecule has 0 atom stereocenters. The van der Waals surface area contributed by atoms with Crippen LogP contribution in [0.15, 0.2) is 30.9 Å². The molecule has 0 amide bonds.